The molecule has 1 atom stereocenters. The van der Waals surface area contributed by atoms with E-state index in [1.165, 1.54) is 22.1 Å². The minimum atomic E-state index is -0.211. The summed E-state index contributed by atoms with van der Waals surface area (Å²) in [5.41, 5.74) is 10.5. The van der Waals surface area contributed by atoms with E-state index in [4.69, 9.17) is 5.73 Å². The average molecular weight is 373 g/mol. The highest BCUT2D eigenvalue weighted by Gasteiger charge is 2.17. The van der Waals surface area contributed by atoms with E-state index in [0.29, 0.717) is 13.0 Å². The van der Waals surface area contributed by atoms with Crippen molar-refractivity contribution in [1.82, 2.24) is 9.78 Å². The second-order valence-corrected chi connectivity index (χ2v) is 7.65. The minimum absolute atomic E-state index is 0.0561. The molecule has 26 heavy (non-hydrogen) atoms. The van der Waals surface area contributed by atoms with Gasteiger partial charge in [0.05, 0.1) is 16.9 Å². The molecule has 0 aliphatic carbocycles. The van der Waals surface area contributed by atoms with Crippen molar-refractivity contribution >= 4 is 16.3 Å². The SMILES string of the molecule is CCc1sc(N[C@H](CN)Cc2cccc(F)c2)cc1-c1c(C)cnn1C. The number of nitrogens with two attached hydrogens (primary N) is 1. The van der Waals surface area contributed by atoms with Crippen molar-refractivity contribution in [2.24, 2.45) is 12.8 Å². The van der Waals surface area contributed by atoms with Gasteiger partial charge in [0.2, 0.25) is 0 Å². The quantitative estimate of drug-likeness (QED) is 0.655. The maximum absolute atomic E-state index is 13.4. The van der Waals surface area contributed by atoms with Gasteiger partial charge in [-0.2, -0.15) is 5.10 Å². The third-order valence-corrected chi connectivity index (χ3v) is 5.72. The molecule has 3 rings (SSSR count). The fraction of sp³-hybridized carbons (Fsp3) is 0.350. The molecule has 0 radical (unpaired) electrons. The Hall–Kier alpha value is -2.18. The first-order valence-electron chi connectivity index (χ1n) is 8.84. The highest BCUT2D eigenvalue weighted by molar-refractivity contribution is 7.16. The van der Waals surface area contributed by atoms with Gasteiger partial charge in [-0.25, -0.2) is 4.39 Å². The van der Waals surface area contributed by atoms with Gasteiger partial charge in [-0.05, 0) is 49.1 Å². The molecule has 0 fully saturated rings. The topological polar surface area (TPSA) is 55.9 Å². The van der Waals surface area contributed by atoms with Crippen LogP contribution in [0.3, 0.4) is 0 Å². The monoisotopic (exact) mass is 372 g/mol. The minimum Gasteiger partial charge on any atom is -0.373 e. The third kappa shape index (κ3) is 3.97. The number of aromatic nitrogens is 2. The van der Waals surface area contributed by atoms with E-state index in [0.717, 1.165) is 22.7 Å². The van der Waals surface area contributed by atoms with Gasteiger partial charge < -0.3 is 11.1 Å². The number of hydrogen-bond donors (Lipinski definition) is 2. The smallest absolute Gasteiger partial charge is 0.123 e. The van der Waals surface area contributed by atoms with Gasteiger partial charge in [-0.3, -0.25) is 4.68 Å². The lowest BCUT2D eigenvalue weighted by Crippen LogP contribution is -2.30. The number of benzene rings is 1. The summed E-state index contributed by atoms with van der Waals surface area (Å²) in [7, 11) is 1.97. The zero-order valence-corrected chi connectivity index (χ0v) is 16.2. The summed E-state index contributed by atoms with van der Waals surface area (Å²) in [5, 5.41) is 8.99. The number of thiophene rings is 1. The lowest BCUT2D eigenvalue weighted by atomic mass is 10.1. The third-order valence-electron chi connectivity index (χ3n) is 4.51. The second-order valence-electron chi connectivity index (χ2n) is 6.51. The van der Waals surface area contributed by atoms with Crippen LogP contribution in [0.1, 0.15) is 22.9 Å². The molecule has 6 heteroatoms. The fourth-order valence-electron chi connectivity index (χ4n) is 3.24. The van der Waals surface area contributed by atoms with Crippen molar-refractivity contribution in [2.75, 3.05) is 11.9 Å². The van der Waals surface area contributed by atoms with Gasteiger partial charge in [-0.1, -0.05) is 19.1 Å². The van der Waals surface area contributed by atoms with Gasteiger partial charge in [0.15, 0.2) is 0 Å². The van der Waals surface area contributed by atoms with Gasteiger partial charge in [-0.15, -0.1) is 11.3 Å². The molecule has 0 bridgehead atoms. The van der Waals surface area contributed by atoms with E-state index in [-0.39, 0.29) is 11.9 Å². The zero-order chi connectivity index (χ0) is 18.7. The molecule has 3 N–H and O–H groups in total. The summed E-state index contributed by atoms with van der Waals surface area (Å²) in [6.07, 6.45) is 3.54. The van der Waals surface area contributed by atoms with Crippen molar-refractivity contribution in [3.8, 4) is 11.3 Å². The van der Waals surface area contributed by atoms with Gasteiger partial charge >= 0.3 is 0 Å². The normalized spacial score (nSPS) is 12.3. The summed E-state index contributed by atoms with van der Waals surface area (Å²) in [6.45, 7) is 4.73. The Kier molecular flexibility index (Phi) is 5.74. The van der Waals surface area contributed by atoms with Crippen LogP contribution in [0.25, 0.3) is 11.3 Å². The van der Waals surface area contributed by atoms with Crippen molar-refractivity contribution < 1.29 is 4.39 Å². The summed E-state index contributed by atoms with van der Waals surface area (Å²) >= 11 is 1.75. The first-order valence-corrected chi connectivity index (χ1v) is 9.66. The van der Waals surface area contributed by atoms with Crippen LogP contribution in [-0.4, -0.2) is 22.4 Å². The predicted octanol–water partition coefficient (Wildman–Crippen LogP) is 4.14. The number of halogens is 1. The molecule has 138 valence electrons. The van der Waals surface area contributed by atoms with Crippen LogP contribution < -0.4 is 11.1 Å². The molecule has 0 saturated heterocycles. The Labute approximate surface area is 157 Å². The Morgan fingerprint density at radius 1 is 1.35 bits per heavy atom. The Morgan fingerprint density at radius 3 is 2.77 bits per heavy atom. The molecule has 0 aliphatic heterocycles. The lowest BCUT2D eigenvalue weighted by molar-refractivity contribution is 0.622. The van der Waals surface area contributed by atoms with Crippen LogP contribution in [0.4, 0.5) is 9.39 Å². The van der Waals surface area contributed by atoms with Crippen molar-refractivity contribution in [3.05, 3.63) is 58.3 Å². The van der Waals surface area contributed by atoms with Crippen LogP contribution >= 0.6 is 11.3 Å². The largest absolute Gasteiger partial charge is 0.373 e. The molecule has 3 aromatic rings. The molecule has 0 amide bonds. The van der Waals surface area contributed by atoms with Crippen LogP contribution in [0, 0.1) is 12.7 Å². The van der Waals surface area contributed by atoms with E-state index < -0.39 is 0 Å². The Bertz CT molecular complexity index is 864. The standard InChI is InChI=1S/C20H25FN4S/c1-4-18-17(20-13(2)12-23-25(20)3)10-19(26-18)24-16(11-22)9-14-6-5-7-15(21)8-14/h5-8,10,12,16,24H,4,9,11,22H2,1-3H3/t16-/m0/s1. The van der Waals surface area contributed by atoms with Crippen molar-refractivity contribution in [2.45, 2.75) is 32.7 Å². The van der Waals surface area contributed by atoms with E-state index in [9.17, 15) is 4.39 Å². The molecule has 4 nitrogen and oxygen atoms in total. The molecular formula is C20H25FN4S. The van der Waals surface area contributed by atoms with E-state index in [1.807, 2.05) is 24.0 Å². The molecule has 0 unspecified atom stereocenters. The van der Waals surface area contributed by atoms with E-state index >= 15 is 0 Å². The predicted molar refractivity (Wildman–Crippen MR) is 107 cm³/mol. The molecule has 2 aromatic heterocycles. The second kappa shape index (κ2) is 8.01. The van der Waals surface area contributed by atoms with Crippen LogP contribution in [0.15, 0.2) is 36.5 Å². The highest BCUT2D eigenvalue weighted by Crippen LogP contribution is 2.36. The van der Waals surface area contributed by atoms with Gasteiger partial charge in [0.1, 0.15) is 5.82 Å². The molecule has 0 saturated carbocycles. The van der Waals surface area contributed by atoms with Crippen LogP contribution in [0.5, 0.6) is 0 Å². The molecule has 2 heterocycles. The van der Waals surface area contributed by atoms with Crippen molar-refractivity contribution in [3.63, 3.8) is 0 Å². The maximum atomic E-state index is 13.4. The zero-order valence-electron chi connectivity index (χ0n) is 15.4. The summed E-state index contributed by atoms with van der Waals surface area (Å²) < 4.78 is 15.3. The number of nitrogens with zero attached hydrogens (tertiary/aromatic N) is 2. The number of rotatable bonds is 7. The Balaban J connectivity index is 1.83. The first-order chi connectivity index (χ1) is 12.5. The first kappa shape index (κ1) is 18.6. The van der Waals surface area contributed by atoms with E-state index in [1.54, 1.807) is 23.5 Å². The molecule has 0 spiro atoms. The molecule has 1 aromatic carbocycles. The molecular weight excluding hydrogens is 347 g/mol. The van der Waals surface area contributed by atoms with Gasteiger partial charge in [0, 0.05) is 30.1 Å². The van der Waals surface area contributed by atoms with Crippen molar-refractivity contribution in [1.29, 1.82) is 0 Å². The average Bonchev–Trinajstić information content (AvgIpc) is 3.16. The van der Waals surface area contributed by atoms with Crippen LogP contribution in [0.2, 0.25) is 0 Å². The summed E-state index contributed by atoms with van der Waals surface area (Å²) in [4.78, 5) is 1.32. The maximum Gasteiger partial charge on any atom is 0.123 e. The lowest BCUT2D eigenvalue weighted by Gasteiger charge is -2.17. The molecule has 0 aliphatic rings. The fourth-order valence-corrected chi connectivity index (χ4v) is 4.32. The van der Waals surface area contributed by atoms with Crippen LogP contribution in [-0.2, 0) is 19.9 Å². The number of nitrogens with one attached hydrogen (secondary N) is 1. The number of hydrogen-bond acceptors (Lipinski definition) is 4. The summed E-state index contributed by atoms with van der Waals surface area (Å²) in [6, 6.07) is 8.94. The highest BCUT2D eigenvalue weighted by atomic mass is 32.1. The van der Waals surface area contributed by atoms with Gasteiger partial charge in [0.25, 0.3) is 0 Å². The number of aryl methyl sites for hydroxylation is 3. The Morgan fingerprint density at radius 2 is 2.15 bits per heavy atom. The summed E-state index contributed by atoms with van der Waals surface area (Å²) in [5.74, 6) is -0.211. The van der Waals surface area contributed by atoms with E-state index in [2.05, 4.69) is 30.3 Å². The number of anilines is 1.